The molecule has 2 rings (SSSR count). The van der Waals surface area contributed by atoms with Crippen LogP contribution in [0.1, 0.15) is 18.5 Å². The fourth-order valence-corrected chi connectivity index (χ4v) is 3.03. The van der Waals surface area contributed by atoms with Gasteiger partial charge in [0.25, 0.3) is 0 Å². The van der Waals surface area contributed by atoms with Crippen LogP contribution in [0.3, 0.4) is 0 Å². The van der Waals surface area contributed by atoms with Crippen molar-refractivity contribution in [2.75, 3.05) is 12.9 Å². The molecule has 1 aliphatic heterocycles. The van der Waals surface area contributed by atoms with Gasteiger partial charge in [0.2, 0.25) is 15.0 Å². The molecule has 5 nitrogen and oxygen atoms in total. The average molecular weight is 279 g/mol. The molecular weight excluding hydrogens is 264 g/mol. The largest absolute Gasteiger partial charge is 0.376 e. The fraction of sp³-hybridized carbons (Fsp3) is 0.700. The maximum absolute atomic E-state index is 11.6. The van der Waals surface area contributed by atoms with Gasteiger partial charge in [-0.2, -0.15) is 0 Å². The minimum absolute atomic E-state index is 0.0617. The summed E-state index contributed by atoms with van der Waals surface area (Å²) in [4.78, 5) is 3.94. The van der Waals surface area contributed by atoms with Gasteiger partial charge in [0.15, 0.2) is 0 Å². The highest BCUT2D eigenvalue weighted by Gasteiger charge is 2.23. The van der Waals surface area contributed by atoms with Gasteiger partial charge >= 0.3 is 0 Å². The monoisotopic (exact) mass is 278 g/mol. The quantitative estimate of drug-likeness (QED) is 0.777. The summed E-state index contributed by atoms with van der Waals surface area (Å²) >= 11 is 5.78. The molecular formula is C10H15ClN2O3S. The molecule has 1 saturated heterocycles. The predicted molar refractivity (Wildman–Crippen MR) is 63.9 cm³/mol. The van der Waals surface area contributed by atoms with Crippen molar-refractivity contribution in [2.24, 2.45) is 0 Å². The van der Waals surface area contributed by atoms with Crippen LogP contribution in [0, 0.1) is 0 Å². The predicted octanol–water partition coefficient (Wildman–Crippen LogP) is 1.20. The van der Waals surface area contributed by atoms with Crippen LogP contribution < -0.4 is 0 Å². The Hall–Kier alpha value is -0.590. The van der Waals surface area contributed by atoms with Crippen LogP contribution in [0.2, 0.25) is 0 Å². The van der Waals surface area contributed by atoms with Gasteiger partial charge in [0, 0.05) is 12.9 Å². The maximum Gasteiger partial charge on any atom is 0.227 e. The molecule has 0 N–H and O–H groups in total. The molecule has 1 fully saturated rings. The molecule has 1 aliphatic rings. The lowest BCUT2D eigenvalue weighted by Gasteiger charge is -2.14. The highest BCUT2D eigenvalue weighted by atomic mass is 35.5. The summed E-state index contributed by atoms with van der Waals surface area (Å²) < 4.78 is 30.3. The molecule has 0 spiro atoms. The number of alkyl halides is 1. The second-order valence-corrected chi connectivity index (χ2v) is 6.36. The summed E-state index contributed by atoms with van der Waals surface area (Å²) in [6.07, 6.45) is 4.69. The number of nitrogens with zero attached hydrogens (tertiary/aromatic N) is 2. The van der Waals surface area contributed by atoms with E-state index in [1.807, 2.05) is 0 Å². The lowest BCUT2D eigenvalue weighted by atomic mass is 10.2. The van der Waals surface area contributed by atoms with Crippen LogP contribution in [-0.2, 0) is 27.0 Å². The highest BCUT2D eigenvalue weighted by molar-refractivity contribution is 7.90. The summed E-state index contributed by atoms with van der Waals surface area (Å²) in [5.41, 5.74) is 0.711. The first kappa shape index (κ1) is 12.9. The number of hydrogen-bond acceptors (Lipinski definition) is 4. The van der Waals surface area contributed by atoms with E-state index in [4.69, 9.17) is 16.3 Å². The first-order chi connectivity index (χ1) is 8.02. The van der Waals surface area contributed by atoms with Crippen molar-refractivity contribution < 1.29 is 13.2 Å². The Morgan fingerprint density at radius 2 is 2.41 bits per heavy atom. The molecule has 2 heterocycles. The van der Waals surface area contributed by atoms with Crippen LogP contribution in [0.5, 0.6) is 0 Å². The first-order valence-corrected chi connectivity index (χ1v) is 7.87. The van der Waals surface area contributed by atoms with Gasteiger partial charge in [0.1, 0.15) is 0 Å². The summed E-state index contributed by atoms with van der Waals surface area (Å²) in [7, 11) is -3.33. The number of hydrogen-bond donors (Lipinski definition) is 0. The third-order valence-electron chi connectivity index (χ3n) is 2.78. The molecule has 96 valence electrons. The molecule has 0 radical (unpaired) electrons. The molecule has 0 unspecified atom stereocenters. The van der Waals surface area contributed by atoms with E-state index in [-0.39, 0.29) is 17.1 Å². The minimum atomic E-state index is -3.33. The van der Waals surface area contributed by atoms with E-state index in [0.717, 1.165) is 25.7 Å². The van der Waals surface area contributed by atoms with Crippen molar-refractivity contribution >= 4 is 21.4 Å². The van der Waals surface area contributed by atoms with E-state index in [1.165, 1.54) is 6.20 Å². The van der Waals surface area contributed by atoms with E-state index in [9.17, 15) is 8.42 Å². The molecule has 7 heteroatoms. The lowest BCUT2D eigenvalue weighted by molar-refractivity contribution is 0.0943. The maximum atomic E-state index is 11.6. The SMILES string of the molecule is CS(=O)(=O)c1ncc(CCl)n1C[C@@H]1CCCO1. The van der Waals surface area contributed by atoms with Crippen LogP contribution in [0.25, 0.3) is 0 Å². The normalized spacial score (nSPS) is 20.9. The standard InChI is InChI=1S/C10H15ClN2O3S/c1-17(14,15)10-12-6-8(5-11)13(10)7-9-3-2-4-16-9/h6,9H,2-5,7H2,1H3/t9-/m0/s1. The number of imidazole rings is 1. The summed E-state index contributed by atoms with van der Waals surface area (Å²) in [6.45, 7) is 1.24. The van der Waals surface area contributed by atoms with Crippen LogP contribution in [0.4, 0.5) is 0 Å². The third kappa shape index (κ3) is 2.81. The highest BCUT2D eigenvalue weighted by Crippen LogP contribution is 2.19. The number of halogens is 1. The Kier molecular flexibility index (Phi) is 3.75. The number of aromatic nitrogens is 2. The van der Waals surface area contributed by atoms with E-state index in [1.54, 1.807) is 4.57 Å². The van der Waals surface area contributed by atoms with Crippen molar-refractivity contribution in [1.29, 1.82) is 0 Å². The molecule has 17 heavy (non-hydrogen) atoms. The van der Waals surface area contributed by atoms with Gasteiger partial charge in [-0.1, -0.05) is 0 Å². The van der Waals surface area contributed by atoms with Gasteiger partial charge in [-0.15, -0.1) is 11.6 Å². The van der Waals surface area contributed by atoms with Crippen molar-refractivity contribution in [2.45, 2.75) is 36.5 Å². The third-order valence-corrected chi connectivity index (χ3v) is 4.04. The molecule has 0 aliphatic carbocycles. The summed E-state index contributed by atoms with van der Waals surface area (Å²) in [5.74, 6) is 0.245. The summed E-state index contributed by atoms with van der Waals surface area (Å²) in [5, 5.41) is 0.0728. The Balaban J connectivity index is 2.31. The van der Waals surface area contributed by atoms with Gasteiger partial charge in [-0.25, -0.2) is 13.4 Å². The van der Waals surface area contributed by atoms with Gasteiger partial charge in [0.05, 0.1) is 30.4 Å². The molecule has 1 aromatic rings. The molecule has 0 aromatic carbocycles. The van der Waals surface area contributed by atoms with Crippen molar-refractivity contribution in [3.05, 3.63) is 11.9 Å². The molecule has 1 aromatic heterocycles. The Labute approximate surface area is 106 Å². The van der Waals surface area contributed by atoms with Gasteiger partial charge in [-0.3, -0.25) is 0 Å². The Morgan fingerprint density at radius 1 is 1.65 bits per heavy atom. The Morgan fingerprint density at radius 3 is 2.94 bits per heavy atom. The zero-order valence-corrected chi connectivity index (χ0v) is 11.2. The van der Waals surface area contributed by atoms with Crippen molar-refractivity contribution in [3.63, 3.8) is 0 Å². The van der Waals surface area contributed by atoms with Crippen molar-refractivity contribution in [1.82, 2.24) is 9.55 Å². The van der Waals surface area contributed by atoms with Crippen LogP contribution in [-0.4, -0.2) is 36.9 Å². The van der Waals surface area contributed by atoms with Crippen LogP contribution >= 0.6 is 11.6 Å². The smallest absolute Gasteiger partial charge is 0.227 e. The van der Waals surface area contributed by atoms with Crippen LogP contribution in [0.15, 0.2) is 11.4 Å². The molecule has 1 atom stereocenters. The minimum Gasteiger partial charge on any atom is -0.376 e. The van der Waals surface area contributed by atoms with Gasteiger partial charge in [-0.05, 0) is 12.8 Å². The second kappa shape index (κ2) is 4.96. The van der Waals surface area contributed by atoms with Crippen molar-refractivity contribution in [3.8, 4) is 0 Å². The van der Waals surface area contributed by atoms with E-state index >= 15 is 0 Å². The number of ether oxygens (including phenoxy) is 1. The van der Waals surface area contributed by atoms with E-state index in [0.29, 0.717) is 12.2 Å². The fourth-order valence-electron chi connectivity index (χ4n) is 1.98. The molecule has 0 amide bonds. The van der Waals surface area contributed by atoms with E-state index in [2.05, 4.69) is 4.98 Å². The molecule has 0 bridgehead atoms. The van der Waals surface area contributed by atoms with E-state index < -0.39 is 9.84 Å². The first-order valence-electron chi connectivity index (χ1n) is 5.44. The van der Waals surface area contributed by atoms with Gasteiger partial charge < -0.3 is 9.30 Å². The summed E-state index contributed by atoms with van der Waals surface area (Å²) in [6, 6.07) is 0. The molecule has 0 saturated carbocycles. The number of rotatable bonds is 4. The Bertz CT molecular complexity index is 492. The lowest BCUT2D eigenvalue weighted by Crippen LogP contribution is -2.20. The second-order valence-electron chi connectivity index (χ2n) is 4.18. The number of sulfone groups is 1. The topological polar surface area (TPSA) is 61.2 Å². The zero-order chi connectivity index (χ0) is 12.5. The average Bonchev–Trinajstić information content (AvgIpc) is 2.86. The zero-order valence-electron chi connectivity index (χ0n) is 9.60.